The fraction of sp³-hybridized carbons (Fsp3) is 0.143. The van der Waals surface area contributed by atoms with E-state index < -0.39 is 0 Å². The van der Waals surface area contributed by atoms with Gasteiger partial charge in [-0.25, -0.2) is 0 Å². The quantitative estimate of drug-likeness (QED) is 0.556. The summed E-state index contributed by atoms with van der Waals surface area (Å²) in [4.78, 5) is 2.33. The van der Waals surface area contributed by atoms with Crippen LogP contribution >= 0.6 is 15.9 Å². The molecule has 2 heteroatoms. The van der Waals surface area contributed by atoms with Crippen molar-refractivity contribution in [2.75, 3.05) is 13.6 Å². The highest BCUT2D eigenvalue weighted by molar-refractivity contribution is 9.10. The lowest BCUT2D eigenvalue weighted by atomic mass is 10.0. The molecule has 0 N–H and O–H groups in total. The number of likely N-dealkylation sites (N-methyl/N-ethyl adjacent to an activating group) is 1. The van der Waals surface area contributed by atoms with Gasteiger partial charge in [0, 0.05) is 17.6 Å². The molecule has 0 saturated heterocycles. The van der Waals surface area contributed by atoms with Crippen LogP contribution in [0.4, 0.5) is 0 Å². The number of fused-ring (bicyclic) bond motifs is 1. The van der Waals surface area contributed by atoms with Crippen LogP contribution in [-0.2, 0) is 6.54 Å². The maximum atomic E-state index is 3.46. The van der Waals surface area contributed by atoms with Gasteiger partial charge in [-0.2, -0.15) is 0 Å². The van der Waals surface area contributed by atoms with Gasteiger partial charge >= 0.3 is 0 Å². The van der Waals surface area contributed by atoms with Crippen LogP contribution in [0.15, 0.2) is 77.3 Å². The summed E-state index contributed by atoms with van der Waals surface area (Å²) in [5.74, 6) is 0. The molecule has 0 aliphatic rings. The average molecular weight is 366 g/mol. The Labute approximate surface area is 146 Å². The second-order valence-electron chi connectivity index (χ2n) is 5.79. The highest BCUT2D eigenvalue weighted by Gasteiger charge is 2.03. The minimum atomic E-state index is 0.930. The Bertz CT molecular complexity index is 800. The van der Waals surface area contributed by atoms with Crippen molar-refractivity contribution in [3.8, 4) is 0 Å². The lowest BCUT2D eigenvalue weighted by molar-refractivity contribution is 0.365. The van der Waals surface area contributed by atoms with Crippen LogP contribution in [0.3, 0.4) is 0 Å². The van der Waals surface area contributed by atoms with Gasteiger partial charge in [0.05, 0.1) is 0 Å². The van der Waals surface area contributed by atoms with Crippen LogP contribution in [0, 0.1) is 0 Å². The monoisotopic (exact) mass is 365 g/mol. The van der Waals surface area contributed by atoms with Gasteiger partial charge < -0.3 is 0 Å². The third-order valence-electron chi connectivity index (χ3n) is 3.92. The maximum absolute atomic E-state index is 3.46. The second kappa shape index (κ2) is 7.58. The normalized spacial score (nSPS) is 11.6. The summed E-state index contributed by atoms with van der Waals surface area (Å²) in [7, 11) is 2.16. The number of halogens is 1. The van der Waals surface area contributed by atoms with Gasteiger partial charge in [-0.15, -0.1) is 0 Å². The molecule has 0 saturated carbocycles. The summed E-state index contributed by atoms with van der Waals surface area (Å²) in [6.45, 7) is 1.88. The van der Waals surface area contributed by atoms with Gasteiger partial charge in [0.25, 0.3) is 0 Å². The van der Waals surface area contributed by atoms with Crippen molar-refractivity contribution in [1.82, 2.24) is 4.90 Å². The summed E-state index contributed by atoms with van der Waals surface area (Å²) in [5.41, 5.74) is 2.61. The summed E-state index contributed by atoms with van der Waals surface area (Å²) >= 11 is 3.46. The minimum Gasteiger partial charge on any atom is -0.298 e. The first-order valence-corrected chi connectivity index (χ1v) is 8.59. The summed E-state index contributed by atoms with van der Waals surface area (Å²) < 4.78 is 1.11. The molecule has 0 radical (unpaired) electrons. The molecule has 0 amide bonds. The fourth-order valence-corrected chi connectivity index (χ4v) is 2.99. The number of hydrogen-bond acceptors (Lipinski definition) is 1. The zero-order valence-electron chi connectivity index (χ0n) is 13.2. The predicted molar refractivity (Wildman–Crippen MR) is 103 cm³/mol. The molecule has 0 bridgehead atoms. The van der Waals surface area contributed by atoms with Crippen molar-refractivity contribution in [3.05, 3.63) is 88.4 Å². The lowest BCUT2D eigenvalue weighted by Crippen LogP contribution is -2.17. The summed E-state index contributed by atoms with van der Waals surface area (Å²) in [6.07, 6.45) is 4.39. The van der Waals surface area contributed by atoms with E-state index in [9.17, 15) is 0 Å². The van der Waals surface area contributed by atoms with Crippen LogP contribution in [0.1, 0.15) is 11.1 Å². The van der Waals surface area contributed by atoms with E-state index in [1.165, 1.54) is 21.9 Å². The molecule has 0 aliphatic carbocycles. The van der Waals surface area contributed by atoms with Crippen molar-refractivity contribution < 1.29 is 0 Å². The fourth-order valence-electron chi connectivity index (χ4n) is 2.73. The first kappa shape index (κ1) is 16.0. The molecule has 0 heterocycles. The van der Waals surface area contributed by atoms with E-state index >= 15 is 0 Å². The van der Waals surface area contributed by atoms with E-state index in [0.29, 0.717) is 0 Å². The molecule has 0 spiro atoms. The van der Waals surface area contributed by atoms with Gasteiger partial charge in [0.1, 0.15) is 0 Å². The third kappa shape index (κ3) is 4.31. The first-order chi connectivity index (χ1) is 11.2. The molecule has 3 aromatic carbocycles. The van der Waals surface area contributed by atoms with Crippen molar-refractivity contribution in [1.29, 1.82) is 0 Å². The van der Waals surface area contributed by atoms with Crippen molar-refractivity contribution in [2.45, 2.75) is 6.54 Å². The van der Waals surface area contributed by atoms with E-state index in [4.69, 9.17) is 0 Å². The van der Waals surface area contributed by atoms with Crippen LogP contribution in [0.2, 0.25) is 0 Å². The van der Waals surface area contributed by atoms with E-state index in [2.05, 4.69) is 107 Å². The zero-order chi connectivity index (χ0) is 16.1. The Morgan fingerprint density at radius 3 is 2.48 bits per heavy atom. The molecule has 3 rings (SSSR count). The maximum Gasteiger partial charge on any atom is 0.0240 e. The van der Waals surface area contributed by atoms with Crippen LogP contribution in [0.5, 0.6) is 0 Å². The average Bonchev–Trinajstić information content (AvgIpc) is 2.57. The standard InChI is InChI=1S/C21H20BrN/c1-23(15-5-6-17-11-13-20(22)14-12-17)16-19-9-4-8-18-7-2-3-10-21(18)19/h2-14H,15-16H2,1H3. The van der Waals surface area contributed by atoms with Gasteiger partial charge in [0.2, 0.25) is 0 Å². The molecule has 0 atom stereocenters. The Kier molecular flexibility index (Phi) is 5.27. The molecule has 23 heavy (non-hydrogen) atoms. The number of hydrogen-bond donors (Lipinski definition) is 0. The first-order valence-electron chi connectivity index (χ1n) is 7.80. The molecule has 0 unspecified atom stereocenters. The molecular formula is C21H20BrN. The molecule has 1 nitrogen and oxygen atoms in total. The topological polar surface area (TPSA) is 3.24 Å². The van der Waals surface area contributed by atoms with Crippen molar-refractivity contribution in [3.63, 3.8) is 0 Å². The van der Waals surface area contributed by atoms with Gasteiger partial charge in [-0.05, 0) is 41.1 Å². The van der Waals surface area contributed by atoms with E-state index in [0.717, 1.165) is 17.6 Å². The second-order valence-corrected chi connectivity index (χ2v) is 6.70. The SMILES string of the molecule is CN(CC=Cc1ccc(Br)cc1)Cc1cccc2ccccc12. The van der Waals surface area contributed by atoms with Crippen LogP contribution < -0.4 is 0 Å². The molecular weight excluding hydrogens is 346 g/mol. The van der Waals surface area contributed by atoms with Gasteiger partial charge in [0.15, 0.2) is 0 Å². The predicted octanol–water partition coefficient (Wildman–Crippen LogP) is 5.75. The Hall–Kier alpha value is -1.90. The van der Waals surface area contributed by atoms with Crippen LogP contribution in [0.25, 0.3) is 16.8 Å². The van der Waals surface area contributed by atoms with E-state index in [-0.39, 0.29) is 0 Å². The van der Waals surface area contributed by atoms with Crippen LogP contribution in [-0.4, -0.2) is 18.5 Å². The summed E-state index contributed by atoms with van der Waals surface area (Å²) in [6, 6.07) is 23.5. The van der Waals surface area contributed by atoms with Gasteiger partial charge in [-0.1, -0.05) is 82.7 Å². The van der Waals surface area contributed by atoms with E-state index in [1.54, 1.807) is 0 Å². The van der Waals surface area contributed by atoms with Crippen molar-refractivity contribution in [2.24, 2.45) is 0 Å². The molecule has 116 valence electrons. The number of benzene rings is 3. The largest absolute Gasteiger partial charge is 0.298 e. The Morgan fingerprint density at radius 1 is 0.913 bits per heavy atom. The Balaban J connectivity index is 1.64. The highest BCUT2D eigenvalue weighted by atomic mass is 79.9. The lowest BCUT2D eigenvalue weighted by Gasteiger charge is -2.16. The molecule has 0 fully saturated rings. The van der Waals surface area contributed by atoms with Crippen molar-refractivity contribution >= 4 is 32.8 Å². The molecule has 0 aromatic heterocycles. The minimum absolute atomic E-state index is 0.930. The molecule has 3 aromatic rings. The van der Waals surface area contributed by atoms with E-state index in [1.807, 2.05) is 0 Å². The smallest absolute Gasteiger partial charge is 0.0240 e. The highest BCUT2D eigenvalue weighted by Crippen LogP contribution is 2.19. The number of nitrogens with zero attached hydrogens (tertiary/aromatic N) is 1. The number of rotatable bonds is 5. The summed E-state index contributed by atoms with van der Waals surface area (Å²) in [5, 5.41) is 2.66. The van der Waals surface area contributed by atoms with Gasteiger partial charge in [-0.3, -0.25) is 4.90 Å². The third-order valence-corrected chi connectivity index (χ3v) is 4.45. The Morgan fingerprint density at radius 2 is 1.65 bits per heavy atom. The molecule has 0 aliphatic heterocycles. The zero-order valence-corrected chi connectivity index (χ0v) is 14.8.